The van der Waals surface area contributed by atoms with Crippen molar-refractivity contribution in [1.82, 2.24) is 24.8 Å². The summed E-state index contributed by atoms with van der Waals surface area (Å²) in [7, 11) is 0. The summed E-state index contributed by atoms with van der Waals surface area (Å²) >= 11 is 1.84. The number of hydrogen-bond acceptors (Lipinski definition) is 4. The van der Waals surface area contributed by atoms with E-state index >= 15 is 0 Å². The van der Waals surface area contributed by atoms with E-state index in [1.165, 1.54) is 41.3 Å². The van der Waals surface area contributed by atoms with Crippen molar-refractivity contribution < 1.29 is 4.79 Å². The third kappa shape index (κ3) is 4.26. The van der Waals surface area contributed by atoms with E-state index in [4.69, 9.17) is 4.98 Å². The largest absolute Gasteiger partial charge is 0.338 e. The molecule has 1 fully saturated rings. The SMILES string of the molecule is O=C(NCCc1nc2c(s1)CCCC2)N1CCC[C@H](Cn2ccnc2)C1. The number of nitrogens with zero attached hydrogens (tertiary/aromatic N) is 4. The minimum atomic E-state index is 0.0710. The summed E-state index contributed by atoms with van der Waals surface area (Å²) in [6, 6.07) is 0.0710. The Morgan fingerprint density at radius 3 is 3.08 bits per heavy atom. The zero-order valence-electron chi connectivity index (χ0n) is 15.2. The van der Waals surface area contributed by atoms with Gasteiger partial charge in [-0.25, -0.2) is 14.8 Å². The molecule has 1 atom stereocenters. The molecule has 0 spiro atoms. The lowest BCUT2D eigenvalue weighted by atomic mass is 9.98. The Hall–Kier alpha value is -1.89. The van der Waals surface area contributed by atoms with Crippen molar-refractivity contribution in [2.75, 3.05) is 19.6 Å². The fraction of sp³-hybridized carbons (Fsp3) is 0.632. The second-order valence-electron chi connectivity index (χ2n) is 7.38. The summed E-state index contributed by atoms with van der Waals surface area (Å²) in [5.74, 6) is 0.509. The number of thiazole rings is 1. The number of carbonyl (C=O) groups is 1. The van der Waals surface area contributed by atoms with Gasteiger partial charge in [-0.3, -0.25) is 0 Å². The van der Waals surface area contributed by atoms with Crippen LogP contribution in [0, 0.1) is 5.92 Å². The molecule has 7 heteroatoms. The van der Waals surface area contributed by atoms with Gasteiger partial charge in [0.25, 0.3) is 0 Å². The lowest BCUT2D eigenvalue weighted by Gasteiger charge is -2.32. The molecule has 0 unspecified atom stereocenters. The lowest BCUT2D eigenvalue weighted by Crippen LogP contribution is -2.46. The highest BCUT2D eigenvalue weighted by atomic mass is 32.1. The molecule has 2 aromatic heterocycles. The van der Waals surface area contributed by atoms with Crippen LogP contribution in [0.2, 0.25) is 0 Å². The predicted octanol–water partition coefficient (Wildman–Crippen LogP) is 2.88. The number of amides is 2. The van der Waals surface area contributed by atoms with Gasteiger partial charge in [-0.15, -0.1) is 11.3 Å². The van der Waals surface area contributed by atoms with Crippen molar-refractivity contribution in [3.05, 3.63) is 34.3 Å². The minimum Gasteiger partial charge on any atom is -0.338 e. The number of piperidine rings is 1. The Morgan fingerprint density at radius 1 is 1.31 bits per heavy atom. The minimum absolute atomic E-state index is 0.0710. The number of carbonyl (C=O) groups excluding carboxylic acids is 1. The maximum absolute atomic E-state index is 12.5. The number of fused-ring (bicyclic) bond motifs is 1. The Morgan fingerprint density at radius 2 is 2.23 bits per heavy atom. The second kappa shape index (κ2) is 8.20. The van der Waals surface area contributed by atoms with Crippen LogP contribution in [0.1, 0.15) is 41.3 Å². The Balaban J connectivity index is 1.23. The molecule has 140 valence electrons. The number of aromatic nitrogens is 3. The number of aryl methyl sites for hydroxylation is 2. The summed E-state index contributed by atoms with van der Waals surface area (Å²) in [6.45, 7) is 3.30. The number of hydrogen-bond donors (Lipinski definition) is 1. The van der Waals surface area contributed by atoms with Gasteiger partial charge in [-0.2, -0.15) is 0 Å². The summed E-state index contributed by atoms with van der Waals surface area (Å²) < 4.78 is 2.11. The summed E-state index contributed by atoms with van der Waals surface area (Å²) in [5.41, 5.74) is 1.31. The average molecular weight is 374 g/mol. The summed E-state index contributed by atoms with van der Waals surface area (Å²) in [4.78, 5) is 24.8. The first-order valence-corrected chi connectivity index (χ1v) is 10.6. The van der Waals surface area contributed by atoms with Crippen LogP contribution < -0.4 is 5.32 Å². The third-order valence-corrected chi connectivity index (χ3v) is 6.56. The Kier molecular flexibility index (Phi) is 5.53. The molecule has 1 saturated heterocycles. The van der Waals surface area contributed by atoms with E-state index < -0.39 is 0 Å². The number of likely N-dealkylation sites (tertiary alicyclic amines) is 1. The van der Waals surface area contributed by atoms with Crippen LogP contribution >= 0.6 is 11.3 Å². The molecule has 2 aliphatic rings. The molecule has 0 radical (unpaired) electrons. The topological polar surface area (TPSA) is 63.1 Å². The van der Waals surface area contributed by atoms with Gasteiger partial charge in [0.15, 0.2) is 0 Å². The molecule has 26 heavy (non-hydrogen) atoms. The average Bonchev–Trinajstić information content (AvgIpc) is 3.31. The molecule has 2 aromatic rings. The van der Waals surface area contributed by atoms with Crippen LogP contribution in [0.5, 0.6) is 0 Å². The van der Waals surface area contributed by atoms with Gasteiger partial charge in [0, 0.05) is 49.9 Å². The molecule has 2 amide bonds. The highest BCUT2D eigenvalue weighted by Gasteiger charge is 2.23. The maximum atomic E-state index is 12.5. The standard InChI is InChI=1S/C19H27N5OS/c25-19(21-8-7-18-22-16-5-1-2-6-17(16)26-18)24-10-3-4-15(13-24)12-23-11-9-20-14-23/h9,11,14-15H,1-8,10,12-13H2,(H,21,25)/t15-/m1/s1. The Bertz CT molecular complexity index is 703. The molecule has 1 aliphatic heterocycles. The zero-order chi connectivity index (χ0) is 17.8. The maximum Gasteiger partial charge on any atom is 0.317 e. The lowest BCUT2D eigenvalue weighted by molar-refractivity contribution is 0.159. The van der Waals surface area contributed by atoms with E-state index in [1.807, 2.05) is 35.0 Å². The van der Waals surface area contributed by atoms with E-state index in [0.29, 0.717) is 12.5 Å². The summed E-state index contributed by atoms with van der Waals surface area (Å²) in [6.07, 6.45) is 13.6. The smallest absolute Gasteiger partial charge is 0.317 e. The van der Waals surface area contributed by atoms with Crippen LogP contribution in [-0.2, 0) is 25.8 Å². The van der Waals surface area contributed by atoms with Crippen molar-refractivity contribution in [3.8, 4) is 0 Å². The molecule has 6 nitrogen and oxygen atoms in total. The van der Waals surface area contributed by atoms with Crippen molar-refractivity contribution in [2.24, 2.45) is 5.92 Å². The van der Waals surface area contributed by atoms with Gasteiger partial charge in [0.2, 0.25) is 0 Å². The quantitative estimate of drug-likeness (QED) is 0.876. The highest BCUT2D eigenvalue weighted by molar-refractivity contribution is 7.11. The number of nitrogens with one attached hydrogen (secondary N) is 1. The molecule has 1 N–H and O–H groups in total. The number of rotatable bonds is 5. The molecule has 0 aromatic carbocycles. The number of imidazole rings is 1. The first-order valence-electron chi connectivity index (χ1n) is 9.74. The highest BCUT2D eigenvalue weighted by Crippen LogP contribution is 2.26. The fourth-order valence-electron chi connectivity index (χ4n) is 3.99. The molecule has 3 heterocycles. The number of urea groups is 1. The van der Waals surface area contributed by atoms with E-state index in [0.717, 1.165) is 38.9 Å². The van der Waals surface area contributed by atoms with Crippen molar-refractivity contribution in [1.29, 1.82) is 0 Å². The summed E-state index contributed by atoms with van der Waals surface area (Å²) in [5, 5.41) is 4.27. The van der Waals surface area contributed by atoms with E-state index in [-0.39, 0.29) is 6.03 Å². The monoisotopic (exact) mass is 373 g/mol. The zero-order valence-corrected chi connectivity index (χ0v) is 16.0. The first-order chi connectivity index (χ1) is 12.8. The Labute approximate surface area is 158 Å². The van der Waals surface area contributed by atoms with Crippen molar-refractivity contribution in [2.45, 2.75) is 51.5 Å². The molecule has 0 bridgehead atoms. The van der Waals surface area contributed by atoms with Crippen molar-refractivity contribution >= 4 is 17.4 Å². The van der Waals surface area contributed by atoms with Crippen LogP contribution in [-0.4, -0.2) is 45.1 Å². The van der Waals surface area contributed by atoms with Gasteiger partial charge in [-0.1, -0.05) is 0 Å². The van der Waals surface area contributed by atoms with Gasteiger partial charge in [0.05, 0.1) is 17.0 Å². The fourth-order valence-corrected chi connectivity index (χ4v) is 5.15. The van der Waals surface area contributed by atoms with Crippen LogP contribution in [0.3, 0.4) is 0 Å². The van der Waals surface area contributed by atoms with Crippen LogP contribution in [0.4, 0.5) is 4.79 Å². The van der Waals surface area contributed by atoms with E-state index in [9.17, 15) is 4.79 Å². The van der Waals surface area contributed by atoms with E-state index in [2.05, 4.69) is 14.9 Å². The van der Waals surface area contributed by atoms with Crippen molar-refractivity contribution in [3.63, 3.8) is 0 Å². The molecular formula is C19H27N5OS. The third-order valence-electron chi connectivity index (χ3n) is 5.34. The molecule has 0 saturated carbocycles. The van der Waals surface area contributed by atoms with E-state index in [1.54, 1.807) is 0 Å². The molecular weight excluding hydrogens is 346 g/mol. The molecule has 4 rings (SSSR count). The molecule has 1 aliphatic carbocycles. The second-order valence-corrected chi connectivity index (χ2v) is 8.55. The normalized spacial score (nSPS) is 20.0. The van der Waals surface area contributed by atoms with Gasteiger partial charge in [-0.05, 0) is 44.4 Å². The first kappa shape index (κ1) is 17.5. The van der Waals surface area contributed by atoms with Gasteiger partial charge < -0.3 is 14.8 Å². The predicted molar refractivity (Wildman–Crippen MR) is 102 cm³/mol. The van der Waals surface area contributed by atoms with Crippen LogP contribution in [0.15, 0.2) is 18.7 Å². The van der Waals surface area contributed by atoms with Gasteiger partial charge in [0.1, 0.15) is 0 Å². The van der Waals surface area contributed by atoms with Gasteiger partial charge >= 0.3 is 6.03 Å². The van der Waals surface area contributed by atoms with Crippen LogP contribution in [0.25, 0.3) is 0 Å².